The van der Waals surface area contributed by atoms with Gasteiger partial charge in [0.25, 0.3) is 0 Å². The lowest BCUT2D eigenvalue weighted by Gasteiger charge is -2.21. The Morgan fingerprint density at radius 3 is 2.58 bits per heavy atom. The van der Waals surface area contributed by atoms with Crippen LogP contribution in [0.2, 0.25) is 10.2 Å². The minimum absolute atomic E-state index is 0.0162. The van der Waals surface area contributed by atoms with Crippen LogP contribution in [-0.4, -0.2) is 23.3 Å². The van der Waals surface area contributed by atoms with E-state index in [1.54, 1.807) is 12.1 Å². The number of nitrogens with one attached hydrogen (secondary N) is 1. The average molecular weight is 550 g/mol. The number of halogens is 2. The number of benzene rings is 2. The van der Waals surface area contributed by atoms with Gasteiger partial charge in [0.2, 0.25) is 0 Å². The molecule has 0 aliphatic carbocycles. The van der Waals surface area contributed by atoms with Crippen LogP contribution < -0.4 is 16.2 Å². The Bertz CT molecular complexity index is 1670. The highest BCUT2D eigenvalue weighted by atomic mass is 35.5. The molecule has 0 spiro atoms. The van der Waals surface area contributed by atoms with E-state index in [9.17, 15) is 9.82 Å². The summed E-state index contributed by atoms with van der Waals surface area (Å²) in [4.78, 5) is 17.8. The molecule has 0 amide bonds. The van der Waals surface area contributed by atoms with Crippen molar-refractivity contribution < 1.29 is 14.2 Å². The lowest BCUT2D eigenvalue weighted by molar-refractivity contribution is 0.286. The zero-order valence-electron chi connectivity index (χ0n) is 21.6. The summed E-state index contributed by atoms with van der Waals surface area (Å²) in [5, 5.41) is 18.6. The number of aromatic nitrogens is 1. The topological polar surface area (TPSA) is 97.0 Å². The Labute approximate surface area is 230 Å². The van der Waals surface area contributed by atoms with Crippen molar-refractivity contribution in [2.45, 2.75) is 46.6 Å². The number of anilines is 1. The van der Waals surface area contributed by atoms with E-state index in [-0.39, 0.29) is 17.4 Å². The molecule has 2 aromatic carbocycles. The Balaban J connectivity index is 1.62. The van der Waals surface area contributed by atoms with Gasteiger partial charge in [-0.3, -0.25) is 4.79 Å². The first-order valence-electron chi connectivity index (χ1n) is 12.3. The second kappa shape index (κ2) is 10.1. The maximum atomic E-state index is 13.2. The minimum Gasteiger partial charge on any atom is -0.460 e. The molecule has 1 aliphatic heterocycles. The lowest BCUT2D eigenvalue weighted by atomic mass is 9.75. The van der Waals surface area contributed by atoms with E-state index in [2.05, 4.69) is 15.5 Å². The highest BCUT2D eigenvalue weighted by Gasteiger charge is 2.29. The molecule has 0 bridgehead atoms. The number of oxime groups is 1. The van der Waals surface area contributed by atoms with Crippen molar-refractivity contribution in [1.82, 2.24) is 4.98 Å². The van der Waals surface area contributed by atoms with E-state index in [1.165, 1.54) is 6.21 Å². The number of fused-ring (bicyclic) bond motifs is 2. The first-order valence-corrected chi connectivity index (χ1v) is 13.0. The number of hydrogen-bond donors (Lipinski definition) is 2. The molecule has 0 fully saturated rings. The zero-order valence-corrected chi connectivity index (χ0v) is 23.1. The van der Waals surface area contributed by atoms with Crippen LogP contribution >= 0.6 is 23.2 Å². The van der Waals surface area contributed by atoms with Gasteiger partial charge in [-0.15, -0.1) is 5.16 Å². The third-order valence-electron chi connectivity index (χ3n) is 6.69. The molecule has 1 atom stereocenters. The molecule has 3 heterocycles. The van der Waals surface area contributed by atoms with Crippen molar-refractivity contribution in [3.8, 4) is 11.3 Å². The van der Waals surface area contributed by atoms with E-state index in [4.69, 9.17) is 32.4 Å². The monoisotopic (exact) mass is 549 g/mol. The Morgan fingerprint density at radius 1 is 1.08 bits per heavy atom. The van der Waals surface area contributed by atoms with Crippen molar-refractivity contribution >= 4 is 58.7 Å². The number of nitrogens with zero attached hydrogens (tertiary/aromatic N) is 2. The van der Waals surface area contributed by atoms with E-state index in [1.807, 2.05) is 58.9 Å². The second-order valence-electron chi connectivity index (χ2n) is 9.86. The standard InChI is InChI=1S/C28H26BCl2N3O4/c1-13(2)27-15(4)26(35)20-9-14(3)8-19(28(20)37-27)16(5)33-22-6-7-23(31)34-25(22)17-10-18-12-32-38-29(36)24(18)21(30)11-17/h6-13,16,33,36H,1-5H3/t16-/m1/s1. The van der Waals surface area contributed by atoms with Crippen molar-refractivity contribution in [2.75, 3.05) is 5.32 Å². The van der Waals surface area contributed by atoms with E-state index in [0.717, 1.165) is 11.1 Å². The summed E-state index contributed by atoms with van der Waals surface area (Å²) in [7, 11) is -1.25. The lowest BCUT2D eigenvalue weighted by Crippen LogP contribution is -2.38. The third kappa shape index (κ3) is 4.68. The molecule has 0 saturated carbocycles. The fraction of sp³-hybridized carbons (Fsp3) is 0.250. The summed E-state index contributed by atoms with van der Waals surface area (Å²) in [6.45, 7) is 9.80. The fourth-order valence-electron chi connectivity index (χ4n) is 4.88. The summed E-state index contributed by atoms with van der Waals surface area (Å²) in [5.74, 6) is 0.753. The van der Waals surface area contributed by atoms with Crippen molar-refractivity contribution in [3.05, 3.63) is 84.8 Å². The Hall–Kier alpha value is -3.33. The smallest absolute Gasteiger partial charge is 0.460 e. The molecular weight excluding hydrogens is 524 g/mol. The predicted octanol–water partition coefficient (Wildman–Crippen LogP) is 6.13. The molecule has 7 nitrogen and oxygen atoms in total. The predicted molar refractivity (Wildman–Crippen MR) is 154 cm³/mol. The molecular formula is C28H26BCl2N3O4. The van der Waals surface area contributed by atoms with Gasteiger partial charge >= 0.3 is 7.12 Å². The summed E-state index contributed by atoms with van der Waals surface area (Å²) in [5.41, 5.74) is 6.02. The minimum atomic E-state index is -1.25. The third-order valence-corrected chi connectivity index (χ3v) is 7.21. The van der Waals surface area contributed by atoms with Gasteiger partial charge in [-0.2, -0.15) is 0 Å². The number of pyridine rings is 1. The van der Waals surface area contributed by atoms with Gasteiger partial charge in [0, 0.05) is 33.1 Å². The normalized spacial score (nSPS) is 13.6. The van der Waals surface area contributed by atoms with Crippen LogP contribution in [0.4, 0.5) is 5.69 Å². The van der Waals surface area contributed by atoms with Gasteiger partial charge in [0.15, 0.2) is 5.43 Å². The van der Waals surface area contributed by atoms with Crippen LogP contribution in [0.5, 0.6) is 0 Å². The van der Waals surface area contributed by atoms with Gasteiger partial charge in [-0.05, 0) is 62.2 Å². The maximum absolute atomic E-state index is 13.2. The number of rotatable bonds is 5. The Kier molecular flexibility index (Phi) is 6.98. The highest BCUT2D eigenvalue weighted by Crippen LogP contribution is 2.35. The molecule has 4 aromatic rings. The Morgan fingerprint density at radius 2 is 1.84 bits per heavy atom. The molecule has 2 aromatic heterocycles. The molecule has 0 radical (unpaired) electrons. The van der Waals surface area contributed by atoms with E-state index < -0.39 is 7.12 Å². The van der Waals surface area contributed by atoms with Crippen LogP contribution in [-0.2, 0) is 4.76 Å². The summed E-state index contributed by atoms with van der Waals surface area (Å²) in [6.07, 6.45) is 1.49. The van der Waals surface area contributed by atoms with Crippen molar-refractivity contribution in [1.29, 1.82) is 0 Å². The summed E-state index contributed by atoms with van der Waals surface area (Å²) in [6, 6.07) is 10.7. The molecule has 38 heavy (non-hydrogen) atoms. The molecule has 194 valence electrons. The molecule has 10 heteroatoms. The van der Waals surface area contributed by atoms with Crippen LogP contribution in [0.15, 0.2) is 50.8 Å². The van der Waals surface area contributed by atoms with Crippen LogP contribution in [0.1, 0.15) is 60.7 Å². The van der Waals surface area contributed by atoms with Crippen LogP contribution in [0, 0.1) is 13.8 Å². The molecule has 0 unspecified atom stereocenters. The van der Waals surface area contributed by atoms with Crippen LogP contribution in [0.25, 0.3) is 22.2 Å². The van der Waals surface area contributed by atoms with Gasteiger partial charge < -0.3 is 19.5 Å². The van der Waals surface area contributed by atoms with Gasteiger partial charge in [-0.25, -0.2) is 4.98 Å². The summed E-state index contributed by atoms with van der Waals surface area (Å²) >= 11 is 12.8. The molecule has 2 N–H and O–H groups in total. The number of aryl methyl sites for hydroxylation is 1. The van der Waals surface area contributed by atoms with Gasteiger partial charge in [0.1, 0.15) is 16.5 Å². The van der Waals surface area contributed by atoms with Crippen LogP contribution in [0.3, 0.4) is 0 Å². The molecule has 0 saturated heterocycles. The van der Waals surface area contributed by atoms with Crippen molar-refractivity contribution in [3.63, 3.8) is 0 Å². The van der Waals surface area contributed by atoms with E-state index >= 15 is 0 Å². The maximum Gasteiger partial charge on any atom is 0.585 e. The summed E-state index contributed by atoms with van der Waals surface area (Å²) < 4.78 is 11.3. The van der Waals surface area contributed by atoms with E-state index in [0.29, 0.717) is 60.4 Å². The first-order chi connectivity index (χ1) is 18.0. The highest BCUT2D eigenvalue weighted by molar-refractivity contribution is 6.65. The van der Waals surface area contributed by atoms with Gasteiger partial charge in [0.05, 0.1) is 29.0 Å². The molecule has 1 aliphatic rings. The van der Waals surface area contributed by atoms with Gasteiger partial charge in [-0.1, -0.05) is 43.1 Å². The quantitative estimate of drug-likeness (QED) is 0.230. The zero-order chi connectivity index (χ0) is 27.3. The molecule has 5 rings (SSSR count). The first kappa shape index (κ1) is 26.3. The second-order valence-corrected chi connectivity index (χ2v) is 10.6. The van der Waals surface area contributed by atoms with Crippen molar-refractivity contribution in [2.24, 2.45) is 5.16 Å². The average Bonchev–Trinajstić information content (AvgIpc) is 2.86. The number of hydrogen-bond acceptors (Lipinski definition) is 7. The fourth-order valence-corrected chi connectivity index (χ4v) is 5.35. The SMILES string of the molecule is Cc1cc([C@@H](C)Nc2ccc(Cl)nc2-c2cc(Cl)c3c(c2)C=NOB3O)c2oc(C(C)C)c(C)c(=O)c2c1. The largest absolute Gasteiger partial charge is 0.585 e.